The van der Waals surface area contributed by atoms with Crippen LogP contribution in [0.5, 0.6) is 0 Å². The van der Waals surface area contributed by atoms with Gasteiger partial charge in [-0.25, -0.2) is 19.9 Å². The van der Waals surface area contributed by atoms with Crippen LogP contribution in [0, 0.1) is 0 Å². The predicted molar refractivity (Wildman–Crippen MR) is 230 cm³/mol. The van der Waals surface area contributed by atoms with E-state index in [4.69, 9.17) is 28.8 Å². The molecule has 270 valence electrons. The molecule has 0 unspecified atom stereocenters. The zero-order valence-electron chi connectivity index (χ0n) is 30.8. The second-order valence-corrected chi connectivity index (χ2v) is 13.6. The average Bonchev–Trinajstić information content (AvgIpc) is 3.86. The highest BCUT2D eigenvalue weighted by atomic mass is 16.4. The van der Waals surface area contributed by atoms with Crippen LogP contribution in [0.3, 0.4) is 0 Å². The summed E-state index contributed by atoms with van der Waals surface area (Å²) in [4.78, 5) is 27.5. The highest BCUT2D eigenvalue weighted by Gasteiger charge is 2.19. The van der Waals surface area contributed by atoms with Gasteiger partial charge >= 0.3 is 0 Å². The molecule has 8 nitrogen and oxygen atoms in total. The summed E-state index contributed by atoms with van der Waals surface area (Å²) in [5.74, 6) is 2.33. The number of hydrogen-bond acceptors (Lipinski definition) is 8. The van der Waals surface area contributed by atoms with Crippen molar-refractivity contribution in [1.82, 2.24) is 19.9 Å². The molecule has 0 atom stereocenters. The quantitative estimate of drug-likeness (QED) is 0.144. The van der Waals surface area contributed by atoms with E-state index in [1.165, 1.54) is 6.20 Å². The third-order valence-electron chi connectivity index (χ3n) is 10.1. The van der Waals surface area contributed by atoms with Gasteiger partial charge < -0.3 is 8.83 Å². The molecule has 0 amide bonds. The maximum Gasteiger partial charge on any atom is 0.241 e. The predicted octanol–water partition coefficient (Wildman–Crippen LogP) is 12.4. The zero-order chi connectivity index (χ0) is 38.3. The summed E-state index contributed by atoms with van der Waals surface area (Å²) in [6, 6.07) is 51.6. The molecule has 0 spiro atoms. The molecule has 0 radical (unpaired) electrons. The molecule has 3 heterocycles. The van der Waals surface area contributed by atoms with Crippen molar-refractivity contribution in [2.45, 2.75) is 6.92 Å². The molecule has 0 N–H and O–H groups in total. The summed E-state index contributed by atoms with van der Waals surface area (Å²) in [7, 11) is 0. The second kappa shape index (κ2) is 14.1. The first-order valence-electron chi connectivity index (χ1n) is 18.5. The minimum absolute atomic E-state index is 0.438. The van der Waals surface area contributed by atoms with Gasteiger partial charge in [0.1, 0.15) is 16.7 Å². The van der Waals surface area contributed by atoms with E-state index in [2.05, 4.69) is 83.4 Å². The zero-order valence-corrected chi connectivity index (χ0v) is 30.8. The average molecular weight is 737 g/mol. The largest absolute Gasteiger partial charge is 0.456 e. The molecule has 8 heteroatoms. The molecule has 0 bridgehead atoms. The molecule has 10 aromatic rings. The molecule has 0 aliphatic heterocycles. The Hall–Kier alpha value is -7.84. The lowest BCUT2D eigenvalue weighted by Gasteiger charge is -2.13. The van der Waals surface area contributed by atoms with Crippen molar-refractivity contribution in [3.63, 3.8) is 0 Å². The highest BCUT2D eigenvalue weighted by Crippen LogP contribution is 2.42. The molecule has 7 aromatic carbocycles. The topological polar surface area (TPSA) is 103 Å². The molecule has 3 aromatic heterocycles. The van der Waals surface area contributed by atoms with Crippen molar-refractivity contribution >= 4 is 56.2 Å². The number of fused-ring (bicyclic) bond motifs is 5. The first-order chi connectivity index (χ1) is 28.1. The van der Waals surface area contributed by atoms with Crippen molar-refractivity contribution < 1.29 is 8.83 Å². The Morgan fingerprint density at radius 3 is 1.75 bits per heavy atom. The van der Waals surface area contributed by atoms with E-state index >= 15 is 0 Å². The van der Waals surface area contributed by atoms with E-state index < -0.39 is 0 Å². The number of hydrogen-bond donors (Lipinski definition) is 0. The summed E-state index contributed by atoms with van der Waals surface area (Å²) in [5, 5.41) is 4.27. The van der Waals surface area contributed by atoms with Crippen LogP contribution < -0.4 is 0 Å². The minimum atomic E-state index is 0.438. The van der Waals surface area contributed by atoms with Gasteiger partial charge in [-0.15, -0.1) is 0 Å². The lowest BCUT2D eigenvalue weighted by Crippen LogP contribution is -2.00. The molecule has 0 fully saturated rings. The Kier molecular flexibility index (Phi) is 8.34. The van der Waals surface area contributed by atoms with Crippen molar-refractivity contribution in [1.29, 1.82) is 0 Å². The summed E-state index contributed by atoms with van der Waals surface area (Å²) in [6.45, 7) is 5.29. The van der Waals surface area contributed by atoms with E-state index in [1.54, 1.807) is 6.20 Å². The molecular formula is C49H32N6O2. The monoisotopic (exact) mass is 736 g/mol. The molecule has 57 heavy (non-hydrogen) atoms. The van der Waals surface area contributed by atoms with Gasteiger partial charge in [0.25, 0.3) is 0 Å². The summed E-state index contributed by atoms with van der Waals surface area (Å²) in [5.41, 5.74) is 10.7. The fourth-order valence-corrected chi connectivity index (χ4v) is 7.40. The molecule has 0 aliphatic carbocycles. The van der Waals surface area contributed by atoms with Crippen molar-refractivity contribution in [2.75, 3.05) is 0 Å². The van der Waals surface area contributed by atoms with Crippen molar-refractivity contribution in [3.05, 3.63) is 170 Å². The molecule has 0 aliphatic rings. The number of aliphatic imine (C=N–C) groups is 2. The van der Waals surface area contributed by atoms with Crippen LogP contribution >= 0.6 is 0 Å². The van der Waals surface area contributed by atoms with Crippen LogP contribution in [0.25, 0.3) is 100 Å². The van der Waals surface area contributed by atoms with Gasteiger partial charge in [-0.1, -0.05) is 133 Å². The summed E-state index contributed by atoms with van der Waals surface area (Å²) >= 11 is 0. The third kappa shape index (κ3) is 6.15. The first-order valence-corrected chi connectivity index (χ1v) is 18.5. The van der Waals surface area contributed by atoms with Crippen LogP contribution in [-0.2, 0) is 0 Å². The van der Waals surface area contributed by atoms with Gasteiger partial charge in [0, 0.05) is 45.9 Å². The van der Waals surface area contributed by atoms with Gasteiger partial charge in [0.2, 0.25) is 5.89 Å². The Morgan fingerprint density at radius 2 is 1.09 bits per heavy atom. The van der Waals surface area contributed by atoms with Crippen LogP contribution in [0.2, 0.25) is 0 Å². The molecule has 0 saturated carbocycles. The number of furan rings is 1. The van der Waals surface area contributed by atoms with E-state index in [1.807, 2.05) is 91.9 Å². The summed E-state index contributed by atoms with van der Waals surface area (Å²) < 4.78 is 12.5. The van der Waals surface area contributed by atoms with E-state index in [-0.39, 0.29) is 0 Å². The van der Waals surface area contributed by atoms with E-state index in [9.17, 15) is 0 Å². The first kappa shape index (κ1) is 33.7. The standard InChI is InChI=1S/C49H32N6O2/c1-30(51-27-26-50-2)49-52-41-28-40-43(29-44(41)57-49)56-42-19-11-18-39(45(40)42)38-25-24-35(36-16-9-10-17-37(36)38)31-20-22-34(23-21-31)48-54-46(32-12-5-3-6-13-32)53-47(55-48)33-14-7-4-8-15-33/h3-29H,2H2,1H3/b27-26-,51-30?. The minimum Gasteiger partial charge on any atom is -0.456 e. The molecule has 0 saturated heterocycles. The fourth-order valence-electron chi connectivity index (χ4n) is 7.40. The number of aromatic nitrogens is 4. The maximum absolute atomic E-state index is 6.43. The van der Waals surface area contributed by atoms with Crippen molar-refractivity contribution in [2.24, 2.45) is 9.98 Å². The van der Waals surface area contributed by atoms with Crippen molar-refractivity contribution in [3.8, 4) is 56.4 Å². The number of oxazole rings is 1. The Balaban J connectivity index is 1.05. The Morgan fingerprint density at radius 1 is 0.491 bits per heavy atom. The Labute approximate surface area is 327 Å². The van der Waals surface area contributed by atoms with Crippen LogP contribution in [-0.4, -0.2) is 32.4 Å². The maximum atomic E-state index is 6.43. The van der Waals surface area contributed by atoms with Gasteiger partial charge in [-0.3, -0.25) is 9.98 Å². The van der Waals surface area contributed by atoms with Crippen LogP contribution in [0.1, 0.15) is 12.8 Å². The lowest BCUT2D eigenvalue weighted by molar-refractivity contribution is 0.588. The Bertz CT molecular complexity index is 3140. The molecular weight excluding hydrogens is 705 g/mol. The van der Waals surface area contributed by atoms with Gasteiger partial charge in [-0.05, 0) is 58.8 Å². The third-order valence-corrected chi connectivity index (χ3v) is 10.1. The summed E-state index contributed by atoms with van der Waals surface area (Å²) in [6.07, 6.45) is 3.08. The van der Waals surface area contributed by atoms with E-state index in [0.29, 0.717) is 34.7 Å². The number of benzene rings is 7. The van der Waals surface area contributed by atoms with Crippen LogP contribution in [0.15, 0.2) is 183 Å². The van der Waals surface area contributed by atoms with Gasteiger partial charge in [0.15, 0.2) is 23.1 Å². The van der Waals surface area contributed by atoms with Crippen LogP contribution in [0.4, 0.5) is 0 Å². The SMILES string of the molecule is C=N/C=C\N=C(C)c1nc2cc3c(cc2o1)oc1cccc(-c2ccc(-c4ccc(-c5nc(-c6ccccc6)nc(-c6ccccc6)n5)cc4)c4ccccc24)c13. The van der Waals surface area contributed by atoms with Gasteiger partial charge in [-0.2, -0.15) is 0 Å². The van der Waals surface area contributed by atoms with E-state index in [0.717, 1.165) is 77.2 Å². The number of rotatable bonds is 8. The smallest absolute Gasteiger partial charge is 0.241 e. The van der Waals surface area contributed by atoms with Gasteiger partial charge in [0.05, 0.1) is 5.71 Å². The lowest BCUT2D eigenvalue weighted by atomic mass is 9.90. The molecule has 10 rings (SSSR count). The second-order valence-electron chi connectivity index (χ2n) is 13.6. The number of nitrogens with zero attached hydrogens (tertiary/aromatic N) is 6. The normalized spacial score (nSPS) is 12.1. The highest BCUT2D eigenvalue weighted by molar-refractivity contribution is 6.18. The fraction of sp³-hybridized carbons (Fsp3) is 0.0204.